The Bertz CT molecular complexity index is 635. The van der Waals surface area contributed by atoms with Crippen molar-refractivity contribution in [2.75, 3.05) is 4.90 Å². The summed E-state index contributed by atoms with van der Waals surface area (Å²) >= 11 is 0. The first-order valence-electron chi connectivity index (χ1n) is 6.58. The molecule has 0 aliphatic carbocycles. The lowest BCUT2D eigenvalue weighted by atomic mass is 10.1. The number of carbonyl (C=O) groups excluding carboxylic acids is 1. The molecule has 3 heteroatoms. The fourth-order valence-electron chi connectivity index (χ4n) is 2.28. The summed E-state index contributed by atoms with van der Waals surface area (Å²) < 4.78 is 5.33. The number of anilines is 1. The monoisotopic (exact) mass is 265 g/mol. The minimum Gasteiger partial charge on any atom is -0.439 e. The van der Waals surface area contributed by atoms with Crippen LogP contribution in [0.25, 0.3) is 6.08 Å². The first-order valence-corrected chi connectivity index (χ1v) is 6.58. The molecule has 0 saturated carbocycles. The largest absolute Gasteiger partial charge is 0.439 e. The highest BCUT2D eigenvalue weighted by Crippen LogP contribution is 2.30. The molecule has 20 heavy (non-hydrogen) atoms. The van der Waals surface area contributed by atoms with Gasteiger partial charge in [-0.3, -0.25) is 0 Å². The van der Waals surface area contributed by atoms with Crippen LogP contribution in [0.4, 0.5) is 10.5 Å². The van der Waals surface area contributed by atoms with E-state index in [1.165, 1.54) is 0 Å². The molecule has 1 fully saturated rings. The van der Waals surface area contributed by atoms with E-state index in [-0.39, 0.29) is 12.2 Å². The molecule has 2 aromatic rings. The molecular weight excluding hydrogens is 250 g/mol. The number of amides is 1. The van der Waals surface area contributed by atoms with Crippen molar-refractivity contribution in [1.82, 2.24) is 0 Å². The number of hydrogen-bond donors (Lipinski definition) is 0. The number of rotatable bonds is 2. The zero-order valence-corrected chi connectivity index (χ0v) is 11.2. The molecule has 1 amide bonds. The Hall–Kier alpha value is -2.55. The van der Waals surface area contributed by atoms with Crippen molar-refractivity contribution < 1.29 is 9.53 Å². The number of ether oxygens (including phenoxy) is 1. The molecule has 0 spiro atoms. The molecule has 0 N–H and O–H groups in total. The summed E-state index contributed by atoms with van der Waals surface area (Å²) in [6, 6.07) is 19.5. The normalized spacial score (nSPS) is 20.2. The summed E-state index contributed by atoms with van der Waals surface area (Å²) in [4.78, 5) is 13.7. The topological polar surface area (TPSA) is 29.5 Å². The molecule has 3 rings (SSSR count). The first kappa shape index (κ1) is 12.5. The number of para-hydroxylation sites is 1. The van der Waals surface area contributed by atoms with Crippen molar-refractivity contribution in [3.63, 3.8) is 0 Å². The van der Waals surface area contributed by atoms with Crippen molar-refractivity contribution in [1.29, 1.82) is 0 Å². The summed E-state index contributed by atoms with van der Waals surface area (Å²) in [7, 11) is 0. The van der Waals surface area contributed by atoms with Gasteiger partial charge in [0.15, 0.2) is 0 Å². The van der Waals surface area contributed by atoms with Gasteiger partial charge in [0.2, 0.25) is 0 Å². The second kappa shape index (κ2) is 5.21. The highest BCUT2D eigenvalue weighted by Gasteiger charge is 2.34. The minimum absolute atomic E-state index is 0.247. The summed E-state index contributed by atoms with van der Waals surface area (Å²) in [5.74, 6) is 0. The molecule has 1 unspecified atom stereocenters. The van der Waals surface area contributed by atoms with Gasteiger partial charge in [-0.2, -0.15) is 0 Å². The van der Waals surface area contributed by atoms with Gasteiger partial charge in [-0.15, -0.1) is 0 Å². The Morgan fingerprint density at radius 1 is 1.00 bits per heavy atom. The van der Waals surface area contributed by atoms with Gasteiger partial charge in [0, 0.05) is 0 Å². The third kappa shape index (κ3) is 2.30. The van der Waals surface area contributed by atoms with E-state index in [4.69, 9.17) is 4.74 Å². The average molecular weight is 265 g/mol. The highest BCUT2D eigenvalue weighted by molar-refractivity contribution is 5.96. The molecule has 2 aromatic carbocycles. The van der Waals surface area contributed by atoms with Crippen LogP contribution in [-0.4, -0.2) is 12.2 Å². The number of benzene rings is 2. The molecule has 0 aromatic heterocycles. The highest BCUT2D eigenvalue weighted by atomic mass is 16.6. The van der Waals surface area contributed by atoms with E-state index in [9.17, 15) is 4.79 Å². The van der Waals surface area contributed by atoms with Crippen LogP contribution in [0.3, 0.4) is 0 Å². The summed E-state index contributed by atoms with van der Waals surface area (Å²) in [5.41, 5.74) is 2.73. The van der Waals surface area contributed by atoms with E-state index < -0.39 is 0 Å². The van der Waals surface area contributed by atoms with Crippen LogP contribution in [-0.2, 0) is 4.74 Å². The van der Waals surface area contributed by atoms with Gasteiger partial charge in [-0.05, 0) is 30.7 Å². The van der Waals surface area contributed by atoms with E-state index in [0.717, 1.165) is 16.9 Å². The lowest BCUT2D eigenvalue weighted by molar-refractivity contribution is 0.154. The van der Waals surface area contributed by atoms with E-state index in [1.54, 1.807) is 4.90 Å². The van der Waals surface area contributed by atoms with Crippen LogP contribution >= 0.6 is 0 Å². The summed E-state index contributed by atoms with van der Waals surface area (Å²) in [5, 5.41) is 0. The maximum Gasteiger partial charge on any atom is 0.419 e. The Balaban J connectivity index is 2.03. The molecule has 0 bridgehead atoms. The zero-order valence-electron chi connectivity index (χ0n) is 11.2. The fourth-order valence-corrected chi connectivity index (χ4v) is 2.28. The van der Waals surface area contributed by atoms with Gasteiger partial charge in [-0.25, -0.2) is 9.69 Å². The second-order valence-electron chi connectivity index (χ2n) is 4.68. The zero-order chi connectivity index (χ0) is 13.9. The van der Waals surface area contributed by atoms with Gasteiger partial charge >= 0.3 is 6.09 Å². The van der Waals surface area contributed by atoms with Crippen LogP contribution in [0.2, 0.25) is 0 Å². The quantitative estimate of drug-likeness (QED) is 0.819. The lowest BCUT2D eigenvalue weighted by Gasteiger charge is -2.15. The molecule has 3 nitrogen and oxygen atoms in total. The molecular formula is C17H15NO2. The Kier molecular flexibility index (Phi) is 3.25. The molecule has 1 saturated heterocycles. The van der Waals surface area contributed by atoms with E-state index >= 15 is 0 Å². The molecule has 1 aliphatic rings. The summed E-state index contributed by atoms with van der Waals surface area (Å²) in [6.07, 6.45) is 1.41. The SMILES string of the molecule is CC1OC(=O)N(c2ccccc2)/C1=C/c1ccccc1. The van der Waals surface area contributed by atoms with Gasteiger partial charge in [-0.1, -0.05) is 48.5 Å². The predicted octanol–water partition coefficient (Wildman–Crippen LogP) is 4.07. The van der Waals surface area contributed by atoms with Crippen molar-refractivity contribution in [2.24, 2.45) is 0 Å². The number of nitrogens with zero attached hydrogens (tertiary/aromatic N) is 1. The number of hydrogen-bond acceptors (Lipinski definition) is 2. The number of carbonyl (C=O) groups is 1. The van der Waals surface area contributed by atoms with E-state index in [1.807, 2.05) is 73.7 Å². The van der Waals surface area contributed by atoms with Gasteiger partial charge in [0.25, 0.3) is 0 Å². The van der Waals surface area contributed by atoms with Crippen LogP contribution in [0.15, 0.2) is 66.4 Å². The van der Waals surface area contributed by atoms with Crippen LogP contribution in [0, 0.1) is 0 Å². The van der Waals surface area contributed by atoms with Gasteiger partial charge in [0.1, 0.15) is 6.10 Å². The van der Waals surface area contributed by atoms with Crippen LogP contribution < -0.4 is 4.90 Å². The van der Waals surface area contributed by atoms with Crippen molar-refractivity contribution >= 4 is 17.9 Å². The average Bonchev–Trinajstić information content (AvgIpc) is 2.75. The standard InChI is InChI=1S/C17H15NO2/c1-13-16(12-14-8-4-2-5-9-14)18(17(19)20-13)15-10-6-3-7-11-15/h2-13H,1H3/b16-12+. The van der Waals surface area contributed by atoms with Crippen LogP contribution in [0.1, 0.15) is 12.5 Å². The summed E-state index contributed by atoms with van der Waals surface area (Å²) in [6.45, 7) is 1.88. The number of cyclic esters (lactones) is 1. The maximum atomic E-state index is 12.0. The Morgan fingerprint density at radius 2 is 1.60 bits per heavy atom. The minimum atomic E-state index is -0.328. The molecule has 100 valence electrons. The predicted molar refractivity (Wildman–Crippen MR) is 79.3 cm³/mol. The van der Waals surface area contributed by atoms with Crippen molar-refractivity contribution in [3.8, 4) is 0 Å². The van der Waals surface area contributed by atoms with Gasteiger partial charge in [0.05, 0.1) is 11.4 Å². The molecule has 1 heterocycles. The Labute approximate surface area is 118 Å². The Morgan fingerprint density at radius 3 is 2.25 bits per heavy atom. The maximum absolute atomic E-state index is 12.0. The van der Waals surface area contributed by atoms with E-state index in [2.05, 4.69) is 0 Å². The van der Waals surface area contributed by atoms with Crippen molar-refractivity contribution in [3.05, 3.63) is 71.9 Å². The van der Waals surface area contributed by atoms with Crippen LogP contribution in [0.5, 0.6) is 0 Å². The lowest BCUT2D eigenvalue weighted by Crippen LogP contribution is -2.22. The second-order valence-corrected chi connectivity index (χ2v) is 4.68. The third-order valence-corrected chi connectivity index (χ3v) is 3.26. The molecule has 1 atom stereocenters. The third-order valence-electron chi connectivity index (χ3n) is 3.26. The fraction of sp³-hybridized carbons (Fsp3) is 0.118. The smallest absolute Gasteiger partial charge is 0.419 e. The first-order chi connectivity index (χ1) is 9.75. The molecule has 1 aliphatic heterocycles. The van der Waals surface area contributed by atoms with Gasteiger partial charge < -0.3 is 4.74 Å². The molecule has 0 radical (unpaired) electrons. The van der Waals surface area contributed by atoms with E-state index in [0.29, 0.717) is 0 Å². The van der Waals surface area contributed by atoms with Crippen molar-refractivity contribution in [2.45, 2.75) is 13.0 Å².